The monoisotopic (exact) mass is 279 g/mol. The van der Waals surface area contributed by atoms with Crippen LogP contribution in [0.3, 0.4) is 0 Å². The van der Waals surface area contributed by atoms with Gasteiger partial charge in [0.05, 0.1) is 6.10 Å². The first-order chi connectivity index (χ1) is 9.06. The molecule has 1 N–H and O–H groups in total. The first-order valence-electron chi connectivity index (χ1n) is 6.37. The molecule has 0 aliphatic carbocycles. The van der Waals surface area contributed by atoms with Gasteiger partial charge in [0.1, 0.15) is 12.2 Å². The molecule has 1 heterocycles. The van der Waals surface area contributed by atoms with Crippen molar-refractivity contribution < 1.29 is 5.11 Å². The number of benzene rings is 1. The predicted octanol–water partition coefficient (Wildman–Crippen LogP) is 2.66. The van der Waals surface area contributed by atoms with E-state index in [0.29, 0.717) is 17.9 Å². The van der Waals surface area contributed by atoms with Gasteiger partial charge in [0.25, 0.3) is 0 Å². The summed E-state index contributed by atoms with van der Waals surface area (Å²) >= 11 is 5.83. The topological polar surface area (TPSA) is 50.9 Å². The molecule has 0 aliphatic rings. The molecule has 0 amide bonds. The third kappa shape index (κ3) is 3.78. The van der Waals surface area contributed by atoms with E-state index < -0.39 is 6.10 Å². The number of aromatic nitrogens is 3. The smallest absolute Gasteiger partial charge is 0.138 e. The molecule has 2 rings (SSSR count). The number of aliphatic hydroxyl groups excluding tert-OH is 1. The average molecular weight is 280 g/mol. The Kier molecular flexibility index (Phi) is 4.56. The third-order valence-corrected chi connectivity index (χ3v) is 3.19. The quantitative estimate of drug-likeness (QED) is 0.915. The molecule has 0 saturated carbocycles. The summed E-state index contributed by atoms with van der Waals surface area (Å²) in [5, 5.41) is 15.0. The highest BCUT2D eigenvalue weighted by molar-refractivity contribution is 6.30. The van der Waals surface area contributed by atoms with Crippen LogP contribution in [0.25, 0.3) is 0 Å². The van der Waals surface area contributed by atoms with Crippen molar-refractivity contribution in [2.75, 3.05) is 0 Å². The molecule has 0 bridgehead atoms. The van der Waals surface area contributed by atoms with E-state index in [-0.39, 0.29) is 6.04 Å². The maximum absolute atomic E-state index is 10.1. The lowest BCUT2D eigenvalue weighted by molar-refractivity contribution is 0.170. The predicted molar refractivity (Wildman–Crippen MR) is 75.3 cm³/mol. The number of aliphatic hydroxyl groups is 1. The van der Waals surface area contributed by atoms with Crippen LogP contribution in [0.15, 0.2) is 30.6 Å². The van der Waals surface area contributed by atoms with Crippen LogP contribution in [0.2, 0.25) is 5.02 Å². The van der Waals surface area contributed by atoms with Crippen LogP contribution in [-0.2, 0) is 12.8 Å². The summed E-state index contributed by atoms with van der Waals surface area (Å²) in [4.78, 5) is 4.20. The molecule has 2 aromatic rings. The number of halogens is 1. The highest BCUT2D eigenvalue weighted by Gasteiger charge is 2.13. The molecule has 0 fully saturated rings. The van der Waals surface area contributed by atoms with E-state index >= 15 is 0 Å². The van der Waals surface area contributed by atoms with Gasteiger partial charge in [-0.05, 0) is 38.0 Å². The zero-order valence-corrected chi connectivity index (χ0v) is 11.9. The van der Waals surface area contributed by atoms with Crippen LogP contribution in [0, 0.1) is 0 Å². The normalized spacial score (nSPS) is 12.9. The van der Waals surface area contributed by atoms with E-state index in [0.717, 1.165) is 11.4 Å². The number of hydrogen-bond donors (Lipinski definition) is 1. The summed E-state index contributed by atoms with van der Waals surface area (Å²) in [6.07, 6.45) is 2.15. The lowest BCUT2D eigenvalue weighted by atomic mass is 10.1. The Morgan fingerprint density at radius 3 is 2.53 bits per heavy atom. The minimum absolute atomic E-state index is 0.250. The molecule has 19 heavy (non-hydrogen) atoms. The summed E-state index contributed by atoms with van der Waals surface area (Å²) in [5.41, 5.74) is 1.06. The largest absolute Gasteiger partial charge is 0.392 e. The fraction of sp³-hybridized carbons (Fsp3) is 0.429. The Labute approximate surface area is 118 Å². The Balaban J connectivity index is 1.99. The van der Waals surface area contributed by atoms with Gasteiger partial charge in [-0.25, -0.2) is 9.67 Å². The van der Waals surface area contributed by atoms with E-state index in [1.807, 2.05) is 42.8 Å². The lowest BCUT2D eigenvalue weighted by Gasteiger charge is -2.13. The first kappa shape index (κ1) is 14.0. The maximum atomic E-state index is 10.1. The fourth-order valence-corrected chi connectivity index (χ4v) is 2.15. The van der Waals surface area contributed by atoms with Crippen LogP contribution < -0.4 is 0 Å². The van der Waals surface area contributed by atoms with Gasteiger partial charge in [-0.1, -0.05) is 23.7 Å². The molecule has 4 nitrogen and oxygen atoms in total. The molecule has 5 heteroatoms. The second-order valence-corrected chi connectivity index (χ2v) is 5.34. The third-order valence-electron chi connectivity index (χ3n) is 2.94. The Hall–Kier alpha value is -1.39. The SMILES string of the molecule is CC(C)n1ncnc1CC(O)Cc1ccc(Cl)cc1. The minimum Gasteiger partial charge on any atom is -0.392 e. The van der Waals surface area contributed by atoms with Crippen molar-refractivity contribution in [2.45, 2.75) is 38.8 Å². The average Bonchev–Trinajstić information content (AvgIpc) is 2.80. The van der Waals surface area contributed by atoms with Crippen LogP contribution in [0.5, 0.6) is 0 Å². The van der Waals surface area contributed by atoms with Crippen LogP contribution in [0.1, 0.15) is 31.3 Å². The van der Waals surface area contributed by atoms with E-state index in [1.165, 1.54) is 6.33 Å². The number of rotatable bonds is 5. The van der Waals surface area contributed by atoms with Gasteiger partial charge in [-0.15, -0.1) is 0 Å². The molecule has 0 spiro atoms. The standard InChI is InChI=1S/C14H18ClN3O/c1-10(2)18-14(16-9-17-18)8-13(19)7-11-3-5-12(15)6-4-11/h3-6,9-10,13,19H,7-8H2,1-2H3. The molecule has 1 aromatic carbocycles. The van der Waals surface area contributed by atoms with Crippen molar-refractivity contribution in [1.29, 1.82) is 0 Å². The van der Waals surface area contributed by atoms with Gasteiger partial charge in [0.15, 0.2) is 0 Å². The highest BCUT2D eigenvalue weighted by Crippen LogP contribution is 2.13. The van der Waals surface area contributed by atoms with Crippen molar-refractivity contribution in [1.82, 2.24) is 14.8 Å². The van der Waals surface area contributed by atoms with Crippen LogP contribution in [-0.4, -0.2) is 26.0 Å². The van der Waals surface area contributed by atoms with Crippen molar-refractivity contribution >= 4 is 11.6 Å². The molecule has 102 valence electrons. The van der Waals surface area contributed by atoms with E-state index in [2.05, 4.69) is 10.1 Å². The Bertz CT molecular complexity index is 522. The van der Waals surface area contributed by atoms with E-state index in [9.17, 15) is 5.11 Å². The Morgan fingerprint density at radius 1 is 1.21 bits per heavy atom. The summed E-state index contributed by atoms with van der Waals surface area (Å²) in [5.74, 6) is 0.816. The first-order valence-corrected chi connectivity index (χ1v) is 6.75. The maximum Gasteiger partial charge on any atom is 0.138 e. The van der Waals surface area contributed by atoms with Crippen molar-refractivity contribution in [3.05, 3.63) is 47.0 Å². The number of hydrogen-bond acceptors (Lipinski definition) is 3. The number of nitrogens with zero attached hydrogens (tertiary/aromatic N) is 3. The second kappa shape index (κ2) is 6.17. The highest BCUT2D eigenvalue weighted by atomic mass is 35.5. The van der Waals surface area contributed by atoms with Crippen molar-refractivity contribution in [3.8, 4) is 0 Å². The van der Waals surface area contributed by atoms with Gasteiger partial charge >= 0.3 is 0 Å². The molecular formula is C14H18ClN3O. The zero-order valence-electron chi connectivity index (χ0n) is 11.1. The summed E-state index contributed by atoms with van der Waals surface area (Å²) in [6.45, 7) is 4.09. The molecule has 1 atom stereocenters. The molecule has 1 unspecified atom stereocenters. The van der Waals surface area contributed by atoms with Gasteiger partial charge in [0, 0.05) is 17.5 Å². The molecule has 0 saturated heterocycles. The van der Waals surface area contributed by atoms with Gasteiger partial charge in [-0.2, -0.15) is 5.10 Å². The molecule has 0 aliphatic heterocycles. The minimum atomic E-state index is -0.470. The van der Waals surface area contributed by atoms with E-state index in [4.69, 9.17) is 11.6 Å². The molecule has 1 aromatic heterocycles. The fourth-order valence-electron chi connectivity index (χ4n) is 2.03. The van der Waals surface area contributed by atoms with Gasteiger partial charge in [-0.3, -0.25) is 0 Å². The van der Waals surface area contributed by atoms with Crippen LogP contribution in [0.4, 0.5) is 0 Å². The van der Waals surface area contributed by atoms with Gasteiger partial charge in [0.2, 0.25) is 0 Å². The molecule has 0 radical (unpaired) electrons. The Morgan fingerprint density at radius 2 is 1.89 bits per heavy atom. The lowest BCUT2D eigenvalue weighted by Crippen LogP contribution is -2.18. The van der Waals surface area contributed by atoms with Crippen molar-refractivity contribution in [2.24, 2.45) is 0 Å². The second-order valence-electron chi connectivity index (χ2n) is 4.90. The summed E-state index contributed by atoms with van der Waals surface area (Å²) in [7, 11) is 0. The van der Waals surface area contributed by atoms with Gasteiger partial charge < -0.3 is 5.11 Å². The van der Waals surface area contributed by atoms with E-state index in [1.54, 1.807) is 0 Å². The molecular weight excluding hydrogens is 262 g/mol. The van der Waals surface area contributed by atoms with Crippen LogP contribution >= 0.6 is 11.6 Å². The summed E-state index contributed by atoms with van der Waals surface area (Å²) < 4.78 is 1.84. The zero-order chi connectivity index (χ0) is 13.8. The summed E-state index contributed by atoms with van der Waals surface area (Å²) in [6, 6.07) is 7.78. The van der Waals surface area contributed by atoms with Crippen molar-refractivity contribution in [3.63, 3.8) is 0 Å².